The van der Waals surface area contributed by atoms with Crippen LogP contribution in [0.3, 0.4) is 0 Å². The second-order valence-corrected chi connectivity index (χ2v) is 6.61. The SMILES string of the molecule is CC(C)OCCN(C)CCC(N)c1ccc(Br)cc1Cl. The number of likely N-dealkylation sites (N-methyl/N-ethyl adjacent to an activating group) is 1. The summed E-state index contributed by atoms with van der Waals surface area (Å²) in [5, 5.41) is 0.720. The lowest BCUT2D eigenvalue weighted by Gasteiger charge is -2.20. The third-order valence-corrected chi connectivity index (χ3v) is 3.93. The maximum Gasteiger partial charge on any atom is 0.0596 e. The smallest absolute Gasteiger partial charge is 0.0596 e. The molecular weight excluding hydrogens is 340 g/mol. The van der Waals surface area contributed by atoms with Crippen molar-refractivity contribution in [1.82, 2.24) is 4.90 Å². The number of hydrogen-bond acceptors (Lipinski definition) is 3. The van der Waals surface area contributed by atoms with E-state index >= 15 is 0 Å². The van der Waals surface area contributed by atoms with Gasteiger partial charge in [-0.1, -0.05) is 33.6 Å². The molecule has 20 heavy (non-hydrogen) atoms. The van der Waals surface area contributed by atoms with Gasteiger partial charge in [0.15, 0.2) is 0 Å². The fourth-order valence-corrected chi connectivity index (χ4v) is 2.69. The Morgan fingerprint density at radius 1 is 1.35 bits per heavy atom. The molecule has 3 nitrogen and oxygen atoms in total. The third-order valence-electron chi connectivity index (χ3n) is 3.11. The molecule has 1 aromatic carbocycles. The van der Waals surface area contributed by atoms with Gasteiger partial charge in [-0.3, -0.25) is 0 Å². The molecule has 0 radical (unpaired) electrons. The monoisotopic (exact) mass is 362 g/mol. The number of nitrogens with zero attached hydrogens (tertiary/aromatic N) is 1. The maximum atomic E-state index is 6.21. The molecule has 0 spiro atoms. The van der Waals surface area contributed by atoms with Crippen molar-refractivity contribution in [2.24, 2.45) is 5.73 Å². The Bertz CT molecular complexity index is 415. The highest BCUT2D eigenvalue weighted by molar-refractivity contribution is 9.10. The number of nitrogens with two attached hydrogens (primary N) is 1. The Morgan fingerprint density at radius 3 is 2.65 bits per heavy atom. The number of ether oxygens (including phenoxy) is 1. The van der Waals surface area contributed by atoms with Crippen molar-refractivity contribution in [2.45, 2.75) is 32.4 Å². The molecule has 2 N–H and O–H groups in total. The standard InChI is InChI=1S/C15H24BrClN2O/c1-11(2)20-9-8-19(3)7-6-15(18)13-5-4-12(16)10-14(13)17/h4-5,10-11,15H,6-9,18H2,1-3H3. The molecule has 0 aliphatic rings. The average Bonchev–Trinajstić information content (AvgIpc) is 2.35. The zero-order valence-electron chi connectivity index (χ0n) is 12.4. The van der Waals surface area contributed by atoms with Crippen molar-refractivity contribution >= 4 is 27.5 Å². The molecule has 0 aromatic heterocycles. The van der Waals surface area contributed by atoms with Gasteiger partial charge in [0.05, 0.1) is 12.7 Å². The molecule has 0 aliphatic heterocycles. The summed E-state index contributed by atoms with van der Waals surface area (Å²) >= 11 is 9.61. The van der Waals surface area contributed by atoms with Gasteiger partial charge in [-0.15, -0.1) is 0 Å². The van der Waals surface area contributed by atoms with Gasteiger partial charge in [0, 0.05) is 22.1 Å². The summed E-state index contributed by atoms with van der Waals surface area (Å²) in [6, 6.07) is 5.81. The summed E-state index contributed by atoms with van der Waals surface area (Å²) in [7, 11) is 2.08. The largest absolute Gasteiger partial charge is 0.377 e. The van der Waals surface area contributed by atoms with Gasteiger partial charge in [-0.05, 0) is 51.6 Å². The summed E-state index contributed by atoms with van der Waals surface area (Å²) in [4.78, 5) is 2.23. The summed E-state index contributed by atoms with van der Waals surface area (Å²) < 4.78 is 6.51. The molecule has 0 amide bonds. The molecule has 0 saturated heterocycles. The fraction of sp³-hybridized carbons (Fsp3) is 0.600. The van der Waals surface area contributed by atoms with E-state index in [1.54, 1.807) is 0 Å². The molecule has 114 valence electrons. The number of benzene rings is 1. The van der Waals surface area contributed by atoms with Gasteiger partial charge in [0.25, 0.3) is 0 Å². The van der Waals surface area contributed by atoms with E-state index < -0.39 is 0 Å². The Kier molecular flexibility index (Phi) is 8.07. The van der Waals surface area contributed by atoms with E-state index in [-0.39, 0.29) is 12.1 Å². The van der Waals surface area contributed by atoms with Gasteiger partial charge in [0.2, 0.25) is 0 Å². The van der Waals surface area contributed by atoms with Crippen molar-refractivity contribution < 1.29 is 4.74 Å². The van der Waals surface area contributed by atoms with Crippen molar-refractivity contribution in [3.05, 3.63) is 33.3 Å². The van der Waals surface area contributed by atoms with Gasteiger partial charge in [-0.2, -0.15) is 0 Å². The highest BCUT2D eigenvalue weighted by Crippen LogP contribution is 2.26. The van der Waals surface area contributed by atoms with Gasteiger partial charge < -0.3 is 15.4 Å². The Hall–Kier alpha value is -0.130. The Labute approximate surface area is 135 Å². The van der Waals surface area contributed by atoms with Crippen LogP contribution in [0.15, 0.2) is 22.7 Å². The minimum Gasteiger partial charge on any atom is -0.377 e. The van der Waals surface area contributed by atoms with Gasteiger partial charge in [-0.25, -0.2) is 0 Å². The van der Waals surface area contributed by atoms with Crippen molar-refractivity contribution in [1.29, 1.82) is 0 Å². The summed E-state index contributed by atoms with van der Waals surface area (Å²) in [5.41, 5.74) is 7.21. The van der Waals surface area contributed by atoms with E-state index in [0.29, 0.717) is 0 Å². The number of hydrogen-bond donors (Lipinski definition) is 1. The van der Waals surface area contributed by atoms with Crippen LogP contribution in [0.5, 0.6) is 0 Å². The molecule has 1 rings (SSSR count). The Morgan fingerprint density at radius 2 is 2.05 bits per heavy atom. The van der Waals surface area contributed by atoms with Crippen LogP contribution in [-0.2, 0) is 4.74 Å². The predicted octanol–water partition coefficient (Wildman–Crippen LogP) is 3.85. The minimum atomic E-state index is -0.0379. The van der Waals surface area contributed by atoms with Crippen LogP contribution in [0.25, 0.3) is 0 Å². The topological polar surface area (TPSA) is 38.5 Å². The van der Waals surface area contributed by atoms with Gasteiger partial charge in [0.1, 0.15) is 0 Å². The van der Waals surface area contributed by atoms with Crippen LogP contribution in [-0.4, -0.2) is 37.7 Å². The second-order valence-electron chi connectivity index (χ2n) is 5.28. The summed E-state index contributed by atoms with van der Waals surface area (Å²) in [6.45, 7) is 6.69. The molecule has 0 aliphatic carbocycles. The number of rotatable bonds is 8. The first-order chi connectivity index (χ1) is 9.40. The first-order valence-electron chi connectivity index (χ1n) is 6.91. The van der Waals surface area contributed by atoms with Crippen molar-refractivity contribution in [3.8, 4) is 0 Å². The quantitative estimate of drug-likeness (QED) is 0.762. The van der Waals surface area contributed by atoms with E-state index in [9.17, 15) is 0 Å². The van der Waals surface area contributed by atoms with E-state index in [1.165, 1.54) is 0 Å². The predicted molar refractivity (Wildman–Crippen MR) is 89.3 cm³/mol. The molecule has 5 heteroatoms. The Balaban J connectivity index is 2.37. The molecular formula is C15H24BrClN2O. The average molecular weight is 364 g/mol. The second kappa shape index (κ2) is 9.00. The lowest BCUT2D eigenvalue weighted by Crippen LogP contribution is -2.27. The van der Waals surface area contributed by atoms with E-state index in [1.807, 2.05) is 32.0 Å². The molecule has 0 bridgehead atoms. The molecule has 0 fully saturated rings. The lowest BCUT2D eigenvalue weighted by molar-refractivity contribution is 0.0634. The molecule has 1 atom stereocenters. The molecule has 1 unspecified atom stereocenters. The number of halogens is 2. The van der Waals surface area contributed by atoms with Crippen molar-refractivity contribution in [2.75, 3.05) is 26.7 Å². The van der Waals surface area contributed by atoms with Crippen molar-refractivity contribution in [3.63, 3.8) is 0 Å². The lowest BCUT2D eigenvalue weighted by atomic mass is 10.0. The molecule has 0 heterocycles. The first kappa shape index (κ1) is 17.9. The van der Waals surface area contributed by atoms with Gasteiger partial charge >= 0.3 is 0 Å². The van der Waals surface area contributed by atoms with Crippen LogP contribution in [0.1, 0.15) is 31.9 Å². The van der Waals surface area contributed by atoms with E-state index in [2.05, 4.69) is 27.9 Å². The highest BCUT2D eigenvalue weighted by Gasteiger charge is 2.11. The third kappa shape index (κ3) is 6.55. The fourth-order valence-electron chi connectivity index (χ4n) is 1.87. The first-order valence-corrected chi connectivity index (χ1v) is 8.08. The van der Waals surface area contributed by atoms with E-state index in [0.717, 1.165) is 41.2 Å². The zero-order chi connectivity index (χ0) is 15.1. The van der Waals surface area contributed by atoms with Crippen LogP contribution in [0.2, 0.25) is 5.02 Å². The van der Waals surface area contributed by atoms with E-state index in [4.69, 9.17) is 22.1 Å². The molecule has 1 aromatic rings. The zero-order valence-corrected chi connectivity index (χ0v) is 14.7. The molecule has 0 saturated carbocycles. The van der Waals surface area contributed by atoms with Crippen LogP contribution in [0.4, 0.5) is 0 Å². The minimum absolute atomic E-state index is 0.0379. The van der Waals surface area contributed by atoms with Crippen LogP contribution < -0.4 is 5.73 Å². The summed E-state index contributed by atoms with van der Waals surface area (Å²) in [6.07, 6.45) is 1.16. The highest BCUT2D eigenvalue weighted by atomic mass is 79.9. The maximum absolute atomic E-state index is 6.21. The normalized spacial score (nSPS) is 13.2. The van der Waals surface area contributed by atoms with Crippen LogP contribution >= 0.6 is 27.5 Å². The summed E-state index contributed by atoms with van der Waals surface area (Å²) in [5.74, 6) is 0. The van der Waals surface area contributed by atoms with Crippen LogP contribution in [0, 0.1) is 0 Å².